The molecule has 106 valence electrons. The van der Waals surface area contributed by atoms with Crippen molar-refractivity contribution in [3.63, 3.8) is 0 Å². The summed E-state index contributed by atoms with van der Waals surface area (Å²) in [5.74, 6) is -0.708. The number of amides is 1. The van der Waals surface area contributed by atoms with Gasteiger partial charge in [0, 0.05) is 30.1 Å². The van der Waals surface area contributed by atoms with E-state index in [9.17, 15) is 9.59 Å². The molecule has 1 aliphatic rings. The summed E-state index contributed by atoms with van der Waals surface area (Å²) in [5, 5.41) is 0.619. The smallest absolute Gasteiger partial charge is 0.336 e. The van der Waals surface area contributed by atoms with Gasteiger partial charge in [0.25, 0.3) is 0 Å². The lowest BCUT2D eigenvalue weighted by molar-refractivity contribution is -0.137. The van der Waals surface area contributed by atoms with Crippen LogP contribution in [0.2, 0.25) is 5.02 Å². The highest BCUT2D eigenvalue weighted by Crippen LogP contribution is 2.36. The van der Waals surface area contributed by atoms with Crippen LogP contribution in [0, 0.1) is 0 Å². The molecule has 1 aromatic rings. The average Bonchev–Trinajstić information content (AvgIpc) is 2.44. The minimum Gasteiger partial charge on any atom is -0.466 e. The fourth-order valence-corrected chi connectivity index (χ4v) is 2.54. The number of hydrogen-bond donors (Lipinski definition) is 0. The van der Waals surface area contributed by atoms with E-state index >= 15 is 0 Å². The SMILES string of the molecule is COC(=O)C1=C(C)N(C)C(=O)C[C@H]1c1ccc(Cl)cc1. The molecule has 0 unspecified atom stereocenters. The second kappa shape index (κ2) is 5.67. The Morgan fingerprint density at radius 2 is 1.95 bits per heavy atom. The van der Waals surface area contributed by atoms with E-state index in [-0.39, 0.29) is 18.2 Å². The molecule has 4 nitrogen and oxygen atoms in total. The molecule has 1 aromatic carbocycles. The number of carbonyl (C=O) groups excluding carboxylic acids is 2. The third-order valence-corrected chi connectivity index (χ3v) is 3.92. The first kappa shape index (κ1) is 14.6. The molecule has 0 aromatic heterocycles. The van der Waals surface area contributed by atoms with E-state index in [1.165, 1.54) is 12.0 Å². The van der Waals surface area contributed by atoms with Gasteiger partial charge in [-0.05, 0) is 24.6 Å². The molecule has 0 fully saturated rings. The monoisotopic (exact) mass is 293 g/mol. The number of methoxy groups -OCH3 is 1. The Bertz CT molecular complexity index is 577. The van der Waals surface area contributed by atoms with Crippen molar-refractivity contribution in [1.82, 2.24) is 4.90 Å². The summed E-state index contributed by atoms with van der Waals surface area (Å²) in [4.78, 5) is 25.6. The molecular formula is C15H16ClNO3. The van der Waals surface area contributed by atoms with Gasteiger partial charge in [-0.3, -0.25) is 4.79 Å². The van der Waals surface area contributed by atoms with Crippen LogP contribution >= 0.6 is 11.6 Å². The number of ether oxygens (including phenoxy) is 1. The standard InChI is InChI=1S/C15H16ClNO3/c1-9-14(15(19)20-3)12(8-13(18)17(9)2)10-4-6-11(16)7-5-10/h4-7,12H,8H2,1-3H3/t12-/m0/s1. The maximum Gasteiger partial charge on any atom is 0.336 e. The molecule has 0 N–H and O–H groups in total. The number of allylic oxidation sites excluding steroid dienone is 1. The van der Waals surface area contributed by atoms with Gasteiger partial charge in [0.1, 0.15) is 0 Å². The van der Waals surface area contributed by atoms with Gasteiger partial charge in [-0.2, -0.15) is 0 Å². The fourth-order valence-electron chi connectivity index (χ4n) is 2.41. The Labute approximate surface area is 123 Å². The maximum atomic E-state index is 12.0. The van der Waals surface area contributed by atoms with Crippen LogP contribution < -0.4 is 0 Å². The Morgan fingerprint density at radius 3 is 2.50 bits per heavy atom. The van der Waals surface area contributed by atoms with Gasteiger partial charge in [0.05, 0.1) is 12.7 Å². The summed E-state index contributed by atoms with van der Waals surface area (Å²) < 4.78 is 4.86. The van der Waals surface area contributed by atoms with Crippen LogP contribution in [0.15, 0.2) is 35.5 Å². The topological polar surface area (TPSA) is 46.6 Å². The van der Waals surface area contributed by atoms with Crippen molar-refractivity contribution in [2.24, 2.45) is 0 Å². The number of rotatable bonds is 2. The van der Waals surface area contributed by atoms with Crippen LogP contribution in [0.3, 0.4) is 0 Å². The second-order valence-corrected chi connectivity index (χ2v) is 5.19. The van der Waals surface area contributed by atoms with E-state index in [0.717, 1.165) is 5.56 Å². The highest BCUT2D eigenvalue weighted by atomic mass is 35.5. The summed E-state index contributed by atoms with van der Waals surface area (Å²) >= 11 is 5.88. The summed E-state index contributed by atoms with van der Waals surface area (Å²) in [6, 6.07) is 7.18. The van der Waals surface area contributed by atoms with Gasteiger partial charge < -0.3 is 9.64 Å². The second-order valence-electron chi connectivity index (χ2n) is 4.75. The zero-order valence-electron chi connectivity index (χ0n) is 11.6. The van der Waals surface area contributed by atoms with E-state index in [0.29, 0.717) is 16.3 Å². The number of esters is 1. The fraction of sp³-hybridized carbons (Fsp3) is 0.333. The first-order valence-corrected chi connectivity index (χ1v) is 6.64. The number of halogens is 1. The largest absolute Gasteiger partial charge is 0.466 e. The van der Waals surface area contributed by atoms with Crippen molar-refractivity contribution in [1.29, 1.82) is 0 Å². The van der Waals surface area contributed by atoms with Crippen LogP contribution in [0.1, 0.15) is 24.8 Å². The third-order valence-electron chi connectivity index (χ3n) is 3.67. The van der Waals surface area contributed by atoms with E-state index < -0.39 is 5.97 Å². The van der Waals surface area contributed by atoms with E-state index in [1.807, 2.05) is 12.1 Å². The molecule has 1 aliphatic heterocycles. The van der Waals surface area contributed by atoms with Crippen molar-refractivity contribution in [2.45, 2.75) is 19.3 Å². The summed E-state index contributed by atoms with van der Waals surface area (Å²) in [6.45, 7) is 1.76. The molecule has 1 atom stereocenters. The van der Waals surface area contributed by atoms with Gasteiger partial charge >= 0.3 is 5.97 Å². The molecule has 1 amide bonds. The van der Waals surface area contributed by atoms with Gasteiger partial charge in [-0.1, -0.05) is 23.7 Å². The molecule has 0 saturated heterocycles. The van der Waals surface area contributed by atoms with Crippen molar-refractivity contribution < 1.29 is 14.3 Å². The molecule has 5 heteroatoms. The predicted octanol–water partition coefficient (Wildman–Crippen LogP) is 2.73. The molecule has 0 saturated carbocycles. The molecule has 1 heterocycles. The van der Waals surface area contributed by atoms with E-state index in [2.05, 4.69) is 0 Å². The van der Waals surface area contributed by atoms with Crippen molar-refractivity contribution >= 4 is 23.5 Å². The zero-order valence-corrected chi connectivity index (χ0v) is 12.4. The Hall–Kier alpha value is -1.81. The lowest BCUT2D eigenvalue weighted by atomic mass is 9.84. The average molecular weight is 294 g/mol. The third kappa shape index (κ3) is 2.56. The normalized spacial score (nSPS) is 19.3. The quantitative estimate of drug-likeness (QED) is 0.788. The van der Waals surface area contributed by atoms with Crippen LogP contribution in [0.25, 0.3) is 0 Å². The molecule has 0 aliphatic carbocycles. The van der Waals surface area contributed by atoms with Crippen molar-refractivity contribution in [3.8, 4) is 0 Å². The molecule has 2 rings (SSSR count). The highest BCUT2D eigenvalue weighted by molar-refractivity contribution is 6.30. The minimum absolute atomic E-state index is 0.0184. The van der Waals surface area contributed by atoms with Gasteiger partial charge in [-0.15, -0.1) is 0 Å². The molecule has 0 spiro atoms. The maximum absolute atomic E-state index is 12.0. The molecule has 0 bridgehead atoms. The summed E-state index contributed by atoms with van der Waals surface area (Å²) in [5.41, 5.74) is 2.04. The van der Waals surface area contributed by atoms with Crippen molar-refractivity contribution in [2.75, 3.05) is 14.2 Å². The van der Waals surface area contributed by atoms with E-state index in [4.69, 9.17) is 16.3 Å². The number of benzene rings is 1. The highest BCUT2D eigenvalue weighted by Gasteiger charge is 2.35. The predicted molar refractivity (Wildman–Crippen MR) is 76.3 cm³/mol. The van der Waals surface area contributed by atoms with Gasteiger partial charge in [0.2, 0.25) is 5.91 Å². The van der Waals surface area contributed by atoms with Crippen LogP contribution in [-0.4, -0.2) is 30.9 Å². The lowest BCUT2D eigenvalue weighted by Gasteiger charge is -2.31. The summed E-state index contributed by atoms with van der Waals surface area (Å²) in [7, 11) is 3.01. The van der Waals surface area contributed by atoms with Gasteiger partial charge in [0.15, 0.2) is 0 Å². The number of carbonyl (C=O) groups is 2. The Kier molecular flexibility index (Phi) is 4.14. The van der Waals surface area contributed by atoms with Crippen molar-refractivity contribution in [3.05, 3.63) is 46.1 Å². The van der Waals surface area contributed by atoms with E-state index in [1.54, 1.807) is 26.1 Å². The van der Waals surface area contributed by atoms with Crippen LogP contribution in [-0.2, 0) is 14.3 Å². The Morgan fingerprint density at radius 1 is 1.35 bits per heavy atom. The van der Waals surface area contributed by atoms with Crippen LogP contribution in [0.5, 0.6) is 0 Å². The zero-order chi connectivity index (χ0) is 14.9. The number of hydrogen-bond acceptors (Lipinski definition) is 3. The number of nitrogens with zero attached hydrogens (tertiary/aromatic N) is 1. The van der Waals surface area contributed by atoms with Gasteiger partial charge in [-0.25, -0.2) is 4.79 Å². The summed E-state index contributed by atoms with van der Waals surface area (Å²) in [6.07, 6.45) is 0.250. The Balaban J connectivity index is 2.51. The molecule has 0 radical (unpaired) electrons. The molecular weight excluding hydrogens is 278 g/mol. The molecule has 20 heavy (non-hydrogen) atoms. The minimum atomic E-state index is -0.401. The first-order valence-electron chi connectivity index (χ1n) is 6.26. The van der Waals surface area contributed by atoms with Crippen LogP contribution in [0.4, 0.5) is 0 Å². The first-order chi connectivity index (χ1) is 9.45. The lowest BCUT2D eigenvalue weighted by Crippen LogP contribution is -2.35.